The van der Waals surface area contributed by atoms with Crippen molar-refractivity contribution in [1.29, 1.82) is 0 Å². The van der Waals surface area contributed by atoms with Crippen LogP contribution in [0.2, 0.25) is 0 Å². The zero-order chi connectivity index (χ0) is 8.10. The van der Waals surface area contributed by atoms with Gasteiger partial charge in [0, 0.05) is 6.54 Å². The van der Waals surface area contributed by atoms with Crippen molar-refractivity contribution < 1.29 is 4.52 Å². The Kier molecular flexibility index (Phi) is 3.43. The van der Waals surface area contributed by atoms with Crippen molar-refractivity contribution in [2.75, 3.05) is 0 Å². The Labute approximate surface area is 72.3 Å². The zero-order valence-electron chi connectivity index (χ0n) is 5.86. The van der Waals surface area contributed by atoms with Crippen molar-refractivity contribution in [2.24, 2.45) is 5.73 Å². The van der Waals surface area contributed by atoms with Gasteiger partial charge in [-0.15, -0.1) is 0 Å². The Morgan fingerprint density at radius 1 is 1.36 bits per heavy atom. The van der Waals surface area contributed by atoms with E-state index in [9.17, 15) is 0 Å². The summed E-state index contributed by atoms with van der Waals surface area (Å²) in [6, 6.07) is 7.58. The van der Waals surface area contributed by atoms with Gasteiger partial charge >= 0.3 is 0 Å². The van der Waals surface area contributed by atoms with Gasteiger partial charge in [-0.2, -0.15) is 0 Å². The lowest BCUT2D eigenvalue weighted by Crippen LogP contribution is -1.94. The predicted molar refractivity (Wildman–Crippen MR) is 49.2 cm³/mol. The topological polar surface area (TPSA) is 35.2 Å². The smallest absolute Gasteiger partial charge is 0.205 e. The highest BCUT2D eigenvalue weighted by molar-refractivity contribution is 7.94. The monoisotopic (exact) mass is 185 g/mol. The summed E-state index contributed by atoms with van der Waals surface area (Å²) in [5.74, 6) is 0.791. The van der Waals surface area contributed by atoms with Crippen LogP contribution in [0.4, 0.5) is 0 Å². The highest BCUT2D eigenvalue weighted by atomic mass is 32.4. The summed E-state index contributed by atoms with van der Waals surface area (Å²) in [5.41, 5.74) is 6.51. The first-order valence-electron chi connectivity index (χ1n) is 3.15. The van der Waals surface area contributed by atoms with Crippen LogP contribution in [0.25, 0.3) is 0 Å². The predicted octanol–water partition coefficient (Wildman–Crippen LogP) is 1.85. The molecule has 0 unspecified atom stereocenters. The van der Waals surface area contributed by atoms with E-state index in [0.29, 0.717) is 14.1 Å². The van der Waals surface area contributed by atoms with Gasteiger partial charge in [-0.3, -0.25) is 0 Å². The molecule has 0 aliphatic carbocycles. The van der Waals surface area contributed by atoms with Gasteiger partial charge in [0.1, 0.15) is 5.75 Å². The van der Waals surface area contributed by atoms with Crippen LogP contribution in [0.15, 0.2) is 24.3 Å². The number of rotatable bonds is 3. The third-order valence-corrected chi connectivity index (χ3v) is 1.81. The molecule has 4 heteroatoms. The van der Waals surface area contributed by atoms with E-state index >= 15 is 0 Å². The molecule has 0 saturated heterocycles. The summed E-state index contributed by atoms with van der Waals surface area (Å²) >= 11 is 4.62. The van der Waals surface area contributed by atoms with Crippen LogP contribution in [-0.4, -0.2) is 0 Å². The molecular formula is C7H8NOPS. The van der Waals surface area contributed by atoms with Crippen LogP contribution in [0.5, 0.6) is 5.75 Å². The fourth-order valence-corrected chi connectivity index (χ4v) is 1.20. The molecule has 2 nitrogen and oxygen atoms in total. The third kappa shape index (κ3) is 2.54. The Morgan fingerprint density at radius 3 is 2.45 bits per heavy atom. The fraction of sp³-hybridized carbons (Fsp3) is 0.143. The SMILES string of the molecule is NCc1ccc(OP=S)cc1. The second kappa shape index (κ2) is 4.39. The standard InChI is InChI=1S/C7H8NOPS/c8-5-6-1-3-7(4-2-6)9-10-11/h1-4H,5,8H2. The van der Waals surface area contributed by atoms with Crippen LogP contribution in [0, 0.1) is 0 Å². The normalized spacial score (nSPS) is 9.91. The molecule has 11 heavy (non-hydrogen) atoms. The zero-order valence-corrected chi connectivity index (χ0v) is 7.57. The van der Waals surface area contributed by atoms with E-state index in [0.717, 1.165) is 11.3 Å². The molecule has 0 amide bonds. The Balaban J connectivity index is 2.74. The van der Waals surface area contributed by atoms with Gasteiger partial charge in [-0.1, -0.05) is 12.1 Å². The Bertz CT molecular complexity index is 237. The maximum Gasteiger partial charge on any atom is 0.205 e. The van der Waals surface area contributed by atoms with E-state index in [1.807, 2.05) is 24.3 Å². The molecule has 0 heterocycles. The van der Waals surface area contributed by atoms with Crippen LogP contribution in [-0.2, 0) is 18.4 Å². The lowest BCUT2D eigenvalue weighted by atomic mass is 10.2. The number of benzene rings is 1. The van der Waals surface area contributed by atoms with Crippen molar-refractivity contribution >= 4 is 19.4 Å². The van der Waals surface area contributed by atoms with E-state index in [1.165, 1.54) is 0 Å². The summed E-state index contributed by atoms with van der Waals surface area (Å²) in [6.45, 7) is 0.561. The van der Waals surface area contributed by atoms with Gasteiger partial charge in [-0.25, -0.2) is 0 Å². The summed E-state index contributed by atoms with van der Waals surface area (Å²) in [4.78, 5) is 0. The molecule has 1 aromatic carbocycles. The first kappa shape index (κ1) is 8.60. The molecule has 2 N–H and O–H groups in total. The van der Waals surface area contributed by atoms with Crippen molar-refractivity contribution in [3.05, 3.63) is 29.8 Å². The minimum Gasteiger partial charge on any atom is -0.429 e. The van der Waals surface area contributed by atoms with Gasteiger partial charge in [0.15, 0.2) is 0 Å². The molecule has 1 rings (SSSR count). The molecule has 0 radical (unpaired) electrons. The molecule has 1 aromatic rings. The Morgan fingerprint density at radius 2 is 2.00 bits per heavy atom. The highest BCUT2D eigenvalue weighted by Crippen LogP contribution is 2.15. The quantitative estimate of drug-likeness (QED) is 0.730. The first-order chi connectivity index (χ1) is 5.36. The molecule has 0 aromatic heterocycles. The molecule has 0 fully saturated rings. The fourth-order valence-electron chi connectivity index (χ4n) is 0.729. The summed E-state index contributed by atoms with van der Waals surface area (Å²) in [6.07, 6.45) is 0. The maximum atomic E-state index is 5.41. The third-order valence-electron chi connectivity index (χ3n) is 1.30. The summed E-state index contributed by atoms with van der Waals surface area (Å²) in [5, 5.41) is 0. The van der Waals surface area contributed by atoms with E-state index in [2.05, 4.69) is 11.8 Å². The van der Waals surface area contributed by atoms with Crippen LogP contribution in [0.3, 0.4) is 0 Å². The van der Waals surface area contributed by atoms with E-state index in [-0.39, 0.29) is 0 Å². The van der Waals surface area contributed by atoms with Gasteiger partial charge in [-0.05, 0) is 29.5 Å². The molecule has 0 atom stereocenters. The lowest BCUT2D eigenvalue weighted by molar-refractivity contribution is 0.644. The molecule has 0 saturated carbocycles. The second-order valence-electron chi connectivity index (χ2n) is 2.01. The van der Waals surface area contributed by atoms with E-state index < -0.39 is 0 Å². The molecular weight excluding hydrogens is 177 g/mol. The molecule has 58 valence electrons. The van der Waals surface area contributed by atoms with E-state index in [4.69, 9.17) is 10.3 Å². The van der Waals surface area contributed by atoms with Gasteiger partial charge in [0.2, 0.25) is 7.58 Å². The van der Waals surface area contributed by atoms with Crippen molar-refractivity contribution in [2.45, 2.75) is 6.54 Å². The van der Waals surface area contributed by atoms with E-state index in [1.54, 1.807) is 0 Å². The molecule has 0 aliphatic heterocycles. The number of hydrogen-bond acceptors (Lipinski definition) is 3. The van der Waals surface area contributed by atoms with Gasteiger partial charge in [0.25, 0.3) is 0 Å². The average Bonchev–Trinajstić information content (AvgIpc) is 2.07. The van der Waals surface area contributed by atoms with Crippen LogP contribution in [0.1, 0.15) is 5.56 Å². The van der Waals surface area contributed by atoms with Crippen molar-refractivity contribution in [3.63, 3.8) is 0 Å². The first-order valence-corrected chi connectivity index (χ1v) is 4.98. The largest absolute Gasteiger partial charge is 0.429 e. The molecule has 0 aliphatic rings. The van der Waals surface area contributed by atoms with Crippen LogP contribution >= 0.6 is 7.58 Å². The maximum absolute atomic E-state index is 5.41. The van der Waals surface area contributed by atoms with Crippen molar-refractivity contribution in [1.82, 2.24) is 0 Å². The average molecular weight is 185 g/mol. The van der Waals surface area contributed by atoms with Crippen LogP contribution < -0.4 is 10.3 Å². The highest BCUT2D eigenvalue weighted by Gasteiger charge is 1.91. The van der Waals surface area contributed by atoms with Gasteiger partial charge in [0.05, 0.1) is 0 Å². The van der Waals surface area contributed by atoms with Gasteiger partial charge < -0.3 is 10.3 Å². The lowest BCUT2D eigenvalue weighted by Gasteiger charge is -1.98. The summed E-state index contributed by atoms with van der Waals surface area (Å²) < 4.78 is 5.05. The number of nitrogens with two attached hydrogens (primary N) is 1. The second-order valence-corrected chi connectivity index (χ2v) is 2.79. The minimum atomic E-state index is 0.503. The number of hydrogen-bond donors (Lipinski definition) is 1. The summed E-state index contributed by atoms with van der Waals surface area (Å²) in [7, 11) is 0.503. The molecule has 0 bridgehead atoms. The minimum absolute atomic E-state index is 0.503. The Hall–Kier alpha value is -0.500. The molecule has 0 spiro atoms. The van der Waals surface area contributed by atoms with Crippen molar-refractivity contribution in [3.8, 4) is 5.75 Å².